The van der Waals surface area contributed by atoms with Crippen LogP contribution < -0.4 is 0 Å². The molecule has 0 bridgehead atoms. The maximum absolute atomic E-state index is 4.25. The van der Waals surface area contributed by atoms with Crippen LogP contribution in [0, 0.1) is 7.14 Å². The third-order valence-electron chi connectivity index (χ3n) is 1.96. The molecule has 0 aliphatic rings. The number of hydrogen-bond donors (Lipinski definition) is 0. The van der Waals surface area contributed by atoms with E-state index >= 15 is 0 Å². The van der Waals surface area contributed by atoms with Crippen LogP contribution in [-0.4, -0.2) is 0 Å². The molecule has 0 aliphatic heterocycles. The van der Waals surface area contributed by atoms with Crippen molar-refractivity contribution in [2.75, 3.05) is 0 Å². The summed E-state index contributed by atoms with van der Waals surface area (Å²) in [6.07, 6.45) is 0. The van der Waals surface area contributed by atoms with Gasteiger partial charge in [-0.1, -0.05) is 24.3 Å². The van der Waals surface area contributed by atoms with Crippen LogP contribution in [0.15, 0.2) is 58.8 Å². The second-order valence-electron chi connectivity index (χ2n) is 3.11. The minimum atomic E-state index is 0.872. The number of nitrogens with zero attached hydrogens (tertiary/aromatic N) is 2. The van der Waals surface area contributed by atoms with Crippen molar-refractivity contribution in [1.82, 2.24) is 0 Å². The largest absolute Gasteiger partial charge is 0.151 e. The van der Waals surface area contributed by atoms with E-state index in [2.05, 4.69) is 61.5 Å². The van der Waals surface area contributed by atoms with Crippen LogP contribution in [0.1, 0.15) is 0 Å². The van der Waals surface area contributed by atoms with E-state index in [9.17, 15) is 0 Å². The van der Waals surface area contributed by atoms with Crippen LogP contribution >= 0.6 is 45.2 Å². The van der Waals surface area contributed by atoms with Crippen molar-refractivity contribution in [1.29, 1.82) is 0 Å². The van der Waals surface area contributed by atoms with Crippen molar-refractivity contribution in [3.05, 3.63) is 55.7 Å². The number of rotatable bonds is 2. The molecular formula is C12H8I2N2. The SMILES string of the molecule is Ic1cccc(N=Nc2ccccc2)c1I. The van der Waals surface area contributed by atoms with Gasteiger partial charge in [0.15, 0.2) is 0 Å². The lowest BCUT2D eigenvalue weighted by atomic mass is 10.3. The molecule has 0 amide bonds. The van der Waals surface area contributed by atoms with Gasteiger partial charge in [-0.3, -0.25) is 0 Å². The average Bonchev–Trinajstić information content (AvgIpc) is 2.32. The average molecular weight is 434 g/mol. The molecule has 0 fully saturated rings. The van der Waals surface area contributed by atoms with Crippen LogP contribution in [-0.2, 0) is 0 Å². The summed E-state index contributed by atoms with van der Waals surface area (Å²) < 4.78 is 2.34. The first-order valence-corrected chi connectivity index (χ1v) is 6.84. The highest BCUT2D eigenvalue weighted by Crippen LogP contribution is 2.27. The summed E-state index contributed by atoms with van der Waals surface area (Å²) in [5.74, 6) is 0. The maximum Gasteiger partial charge on any atom is 0.100 e. The van der Waals surface area contributed by atoms with Crippen LogP contribution in [0.5, 0.6) is 0 Å². The van der Waals surface area contributed by atoms with Crippen molar-refractivity contribution >= 4 is 56.6 Å². The summed E-state index contributed by atoms with van der Waals surface area (Å²) in [7, 11) is 0. The summed E-state index contributed by atoms with van der Waals surface area (Å²) in [6.45, 7) is 0. The number of halogens is 2. The van der Waals surface area contributed by atoms with Gasteiger partial charge in [-0.15, -0.1) is 5.11 Å². The Hall–Kier alpha value is -0.500. The molecule has 0 heterocycles. The Bertz CT molecular complexity index is 510. The van der Waals surface area contributed by atoms with Crippen molar-refractivity contribution in [3.8, 4) is 0 Å². The van der Waals surface area contributed by atoms with Gasteiger partial charge in [-0.2, -0.15) is 5.11 Å². The van der Waals surface area contributed by atoms with E-state index in [0.717, 1.165) is 14.9 Å². The highest BCUT2D eigenvalue weighted by Gasteiger charge is 2.01. The highest BCUT2D eigenvalue weighted by atomic mass is 127. The Morgan fingerprint density at radius 3 is 2.25 bits per heavy atom. The minimum Gasteiger partial charge on any atom is -0.151 e. The summed E-state index contributed by atoms with van der Waals surface area (Å²) in [5.41, 5.74) is 1.79. The second-order valence-corrected chi connectivity index (χ2v) is 5.35. The molecule has 0 aromatic heterocycles. The molecule has 2 nitrogen and oxygen atoms in total. The second kappa shape index (κ2) is 5.72. The van der Waals surface area contributed by atoms with Gasteiger partial charge in [0.1, 0.15) is 5.69 Å². The third kappa shape index (κ3) is 3.00. The lowest BCUT2D eigenvalue weighted by Crippen LogP contribution is -1.78. The Morgan fingerprint density at radius 2 is 1.50 bits per heavy atom. The fourth-order valence-electron chi connectivity index (χ4n) is 1.18. The molecular weight excluding hydrogens is 426 g/mol. The van der Waals surface area contributed by atoms with E-state index in [0.29, 0.717) is 0 Å². The number of benzene rings is 2. The first kappa shape index (κ1) is 12.0. The molecule has 0 saturated carbocycles. The first-order valence-electron chi connectivity index (χ1n) is 4.68. The lowest BCUT2D eigenvalue weighted by Gasteiger charge is -1.99. The molecule has 0 atom stereocenters. The van der Waals surface area contributed by atoms with E-state index < -0.39 is 0 Å². The molecule has 2 rings (SSSR count). The Balaban J connectivity index is 2.28. The predicted molar refractivity (Wildman–Crippen MR) is 82.5 cm³/mol. The molecule has 0 unspecified atom stereocenters. The summed E-state index contributed by atoms with van der Waals surface area (Å²) >= 11 is 4.58. The molecule has 80 valence electrons. The Morgan fingerprint density at radius 1 is 0.750 bits per heavy atom. The highest BCUT2D eigenvalue weighted by molar-refractivity contribution is 14.1. The van der Waals surface area contributed by atoms with Crippen LogP contribution in [0.3, 0.4) is 0 Å². The molecule has 0 spiro atoms. The van der Waals surface area contributed by atoms with Crippen LogP contribution in [0.2, 0.25) is 0 Å². The number of azo groups is 1. The Kier molecular flexibility index (Phi) is 4.28. The van der Waals surface area contributed by atoms with Gasteiger partial charge in [0.2, 0.25) is 0 Å². The topological polar surface area (TPSA) is 24.7 Å². The number of hydrogen-bond acceptors (Lipinski definition) is 2. The smallest absolute Gasteiger partial charge is 0.100 e. The van der Waals surface area contributed by atoms with E-state index in [1.54, 1.807) is 0 Å². The van der Waals surface area contributed by atoms with E-state index in [-0.39, 0.29) is 0 Å². The lowest BCUT2D eigenvalue weighted by molar-refractivity contribution is 1.22. The van der Waals surface area contributed by atoms with Crippen molar-refractivity contribution in [3.63, 3.8) is 0 Å². The van der Waals surface area contributed by atoms with Crippen molar-refractivity contribution in [2.24, 2.45) is 10.2 Å². The summed E-state index contributed by atoms with van der Waals surface area (Å²) in [6, 6.07) is 15.8. The zero-order valence-corrected chi connectivity index (χ0v) is 12.6. The van der Waals surface area contributed by atoms with Gasteiger partial charge < -0.3 is 0 Å². The monoisotopic (exact) mass is 434 g/mol. The maximum atomic E-state index is 4.25. The van der Waals surface area contributed by atoms with Crippen LogP contribution in [0.25, 0.3) is 0 Å². The molecule has 2 aromatic rings. The molecule has 16 heavy (non-hydrogen) atoms. The normalized spacial score (nSPS) is 10.9. The predicted octanol–water partition coefficient (Wildman–Crippen LogP) is 5.31. The fraction of sp³-hybridized carbons (Fsp3) is 0. The zero-order chi connectivity index (χ0) is 11.4. The Labute approximate surface area is 121 Å². The molecule has 0 radical (unpaired) electrons. The first-order chi connectivity index (χ1) is 7.77. The van der Waals surface area contributed by atoms with Gasteiger partial charge in [-0.25, -0.2) is 0 Å². The molecule has 2 aromatic carbocycles. The molecule has 4 heteroatoms. The van der Waals surface area contributed by atoms with Crippen molar-refractivity contribution in [2.45, 2.75) is 0 Å². The standard InChI is InChI=1S/C12H8I2N2/c13-10-7-4-8-11(12(10)14)16-15-9-5-2-1-3-6-9/h1-8H. The van der Waals surface area contributed by atoms with Crippen molar-refractivity contribution < 1.29 is 0 Å². The van der Waals surface area contributed by atoms with Crippen LogP contribution in [0.4, 0.5) is 11.4 Å². The van der Waals surface area contributed by atoms with Gasteiger partial charge >= 0.3 is 0 Å². The summed E-state index contributed by atoms with van der Waals surface area (Å²) in [4.78, 5) is 0. The quantitative estimate of drug-likeness (QED) is 0.453. The molecule has 0 N–H and O–H groups in total. The van der Waals surface area contributed by atoms with E-state index in [1.165, 1.54) is 3.57 Å². The van der Waals surface area contributed by atoms with Gasteiger partial charge in [0.05, 0.1) is 9.26 Å². The minimum absolute atomic E-state index is 0.872. The third-order valence-corrected chi connectivity index (χ3v) is 5.03. The van der Waals surface area contributed by atoms with Gasteiger partial charge in [0.25, 0.3) is 0 Å². The fourth-order valence-corrected chi connectivity index (χ4v) is 2.13. The zero-order valence-electron chi connectivity index (χ0n) is 8.27. The molecule has 0 saturated heterocycles. The van der Waals surface area contributed by atoms with E-state index in [4.69, 9.17) is 0 Å². The van der Waals surface area contributed by atoms with Gasteiger partial charge in [-0.05, 0) is 69.4 Å². The molecule has 0 aliphatic carbocycles. The van der Waals surface area contributed by atoms with E-state index in [1.807, 2.05) is 42.5 Å². The van der Waals surface area contributed by atoms with Gasteiger partial charge in [0, 0.05) is 3.57 Å². The summed E-state index contributed by atoms with van der Waals surface area (Å²) in [5, 5.41) is 8.44.